The van der Waals surface area contributed by atoms with Crippen LogP contribution in [0.5, 0.6) is 0 Å². The van der Waals surface area contributed by atoms with E-state index in [2.05, 4.69) is 49.9 Å². The third kappa shape index (κ3) is 4.16. The molecular weight excluding hydrogens is 348 g/mol. The van der Waals surface area contributed by atoms with E-state index in [4.69, 9.17) is 0 Å². The predicted molar refractivity (Wildman–Crippen MR) is 102 cm³/mol. The Morgan fingerprint density at radius 2 is 1.65 bits per heavy atom. The second-order valence-corrected chi connectivity index (χ2v) is 9.87. The number of imidazole rings is 1. The standard InChI is InChI=1S/C19H29N4O2S/c1-19(2,3)18-7-5-17(6-8-18)15-21-10-13-22(14-11-21)26(24,25)23-12-9-20(4)16-23/h5-9,12,16H,10-11,13-15H2,1-4H3/q+1. The van der Waals surface area contributed by atoms with Crippen LogP contribution in [-0.4, -0.2) is 47.8 Å². The van der Waals surface area contributed by atoms with Gasteiger partial charge in [0.05, 0.1) is 7.05 Å². The Bertz CT molecular complexity index is 842. The third-order valence-corrected chi connectivity index (χ3v) is 6.66. The SMILES string of the molecule is C[n+]1ccn(S(=O)(=O)N2CCN(Cc3ccc(C(C)(C)C)cc3)CC2)c1. The Kier molecular flexibility index (Phi) is 5.23. The minimum absolute atomic E-state index is 0.160. The number of piperazine rings is 1. The fraction of sp³-hybridized carbons (Fsp3) is 0.526. The zero-order chi connectivity index (χ0) is 18.9. The molecule has 0 bridgehead atoms. The maximum absolute atomic E-state index is 12.7. The van der Waals surface area contributed by atoms with Crippen LogP contribution in [0, 0.1) is 0 Å². The first-order chi connectivity index (χ1) is 12.2. The predicted octanol–water partition coefficient (Wildman–Crippen LogP) is 1.52. The lowest BCUT2D eigenvalue weighted by atomic mass is 9.87. The van der Waals surface area contributed by atoms with Crippen molar-refractivity contribution in [1.29, 1.82) is 0 Å². The van der Waals surface area contributed by atoms with E-state index in [1.807, 2.05) is 7.05 Å². The molecule has 0 radical (unpaired) electrons. The quantitative estimate of drug-likeness (QED) is 0.759. The first kappa shape index (κ1) is 19.1. The summed E-state index contributed by atoms with van der Waals surface area (Å²) in [6.07, 6.45) is 4.89. The highest BCUT2D eigenvalue weighted by Crippen LogP contribution is 2.22. The summed E-state index contributed by atoms with van der Waals surface area (Å²) in [5.41, 5.74) is 2.76. The summed E-state index contributed by atoms with van der Waals surface area (Å²) in [5, 5.41) is 0. The zero-order valence-corrected chi connectivity index (χ0v) is 16.9. The van der Waals surface area contributed by atoms with Crippen LogP contribution >= 0.6 is 0 Å². The van der Waals surface area contributed by atoms with Crippen molar-refractivity contribution in [3.8, 4) is 0 Å². The van der Waals surface area contributed by atoms with E-state index in [9.17, 15) is 8.42 Å². The zero-order valence-electron chi connectivity index (χ0n) is 16.1. The van der Waals surface area contributed by atoms with Gasteiger partial charge in [-0.05, 0) is 16.5 Å². The number of hydrogen-bond acceptors (Lipinski definition) is 3. The Morgan fingerprint density at radius 3 is 2.15 bits per heavy atom. The average Bonchev–Trinajstić information content (AvgIpc) is 3.02. The van der Waals surface area contributed by atoms with Gasteiger partial charge in [0.1, 0.15) is 12.4 Å². The van der Waals surface area contributed by atoms with Crippen molar-refractivity contribution in [3.05, 3.63) is 54.1 Å². The monoisotopic (exact) mass is 377 g/mol. The van der Waals surface area contributed by atoms with Gasteiger partial charge in [0.15, 0.2) is 0 Å². The van der Waals surface area contributed by atoms with E-state index in [1.54, 1.807) is 27.6 Å². The number of benzene rings is 1. The molecule has 1 aromatic heterocycles. The number of nitrogens with zero attached hydrogens (tertiary/aromatic N) is 4. The number of hydrogen-bond donors (Lipinski definition) is 0. The first-order valence-corrected chi connectivity index (χ1v) is 10.4. The number of rotatable bonds is 4. The summed E-state index contributed by atoms with van der Waals surface area (Å²) >= 11 is 0. The first-order valence-electron chi connectivity index (χ1n) is 9.02. The topological polar surface area (TPSA) is 49.4 Å². The molecule has 1 saturated heterocycles. The van der Waals surface area contributed by atoms with Gasteiger partial charge in [-0.25, -0.2) is 4.57 Å². The van der Waals surface area contributed by atoms with Crippen molar-refractivity contribution >= 4 is 10.2 Å². The van der Waals surface area contributed by atoms with E-state index in [1.165, 1.54) is 15.1 Å². The molecule has 7 heteroatoms. The Labute approximate surface area is 156 Å². The van der Waals surface area contributed by atoms with Gasteiger partial charge in [-0.15, -0.1) is 3.97 Å². The van der Waals surface area contributed by atoms with Crippen molar-refractivity contribution in [1.82, 2.24) is 13.2 Å². The largest absolute Gasteiger partial charge is 0.379 e. The van der Waals surface area contributed by atoms with E-state index >= 15 is 0 Å². The van der Waals surface area contributed by atoms with Crippen LogP contribution in [0.25, 0.3) is 0 Å². The highest BCUT2D eigenvalue weighted by molar-refractivity contribution is 7.87. The van der Waals surface area contributed by atoms with Crippen LogP contribution in [-0.2, 0) is 29.2 Å². The summed E-state index contributed by atoms with van der Waals surface area (Å²) in [5.74, 6) is 0. The van der Waals surface area contributed by atoms with Gasteiger partial charge in [0.25, 0.3) is 6.33 Å². The molecule has 3 rings (SSSR count). The maximum Gasteiger partial charge on any atom is 0.379 e. The molecule has 1 aliphatic heterocycles. The molecule has 0 saturated carbocycles. The summed E-state index contributed by atoms with van der Waals surface area (Å²) in [6, 6.07) is 8.76. The van der Waals surface area contributed by atoms with E-state index in [0.29, 0.717) is 13.1 Å². The van der Waals surface area contributed by atoms with Gasteiger partial charge < -0.3 is 0 Å². The number of aryl methyl sites for hydroxylation is 1. The molecule has 1 aromatic carbocycles. The molecule has 26 heavy (non-hydrogen) atoms. The molecule has 0 N–H and O–H groups in total. The Hall–Kier alpha value is -1.70. The van der Waals surface area contributed by atoms with Gasteiger partial charge >= 0.3 is 10.2 Å². The van der Waals surface area contributed by atoms with Crippen molar-refractivity contribution in [2.45, 2.75) is 32.7 Å². The highest BCUT2D eigenvalue weighted by atomic mass is 32.2. The minimum atomic E-state index is -3.46. The average molecular weight is 378 g/mol. The third-order valence-electron chi connectivity index (χ3n) is 4.89. The van der Waals surface area contributed by atoms with Gasteiger partial charge in [0, 0.05) is 32.7 Å². The second kappa shape index (κ2) is 7.13. The van der Waals surface area contributed by atoms with Gasteiger partial charge in [0.2, 0.25) is 0 Å². The molecular formula is C19H29N4O2S+. The van der Waals surface area contributed by atoms with Crippen LogP contribution in [0.3, 0.4) is 0 Å². The molecule has 1 fully saturated rings. The molecule has 0 atom stereocenters. The fourth-order valence-corrected chi connectivity index (χ4v) is 4.55. The van der Waals surface area contributed by atoms with Crippen LogP contribution in [0.1, 0.15) is 31.9 Å². The molecule has 0 aliphatic carbocycles. The van der Waals surface area contributed by atoms with Crippen LogP contribution in [0.2, 0.25) is 0 Å². The summed E-state index contributed by atoms with van der Waals surface area (Å²) in [7, 11) is -1.64. The summed E-state index contributed by atoms with van der Waals surface area (Å²) in [6.45, 7) is 10.0. The number of aromatic nitrogens is 2. The highest BCUT2D eigenvalue weighted by Gasteiger charge is 2.31. The van der Waals surface area contributed by atoms with E-state index in [-0.39, 0.29) is 5.41 Å². The molecule has 0 unspecified atom stereocenters. The van der Waals surface area contributed by atoms with Gasteiger partial charge in [-0.3, -0.25) is 4.90 Å². The van der Waals surface area contributed by atoms with Gasteiger partial charge in [-0.1, -0.05) is 45.0 Å². The van der Waals surface area contributed by atoms with Crippen molar-refractivity contribution in [2.75, 3.05) is 26.2 Å². The molecule has 0 spiro atoms. The normalized spacial score (nSPS) is 17.5. The van der Waals surface area contributed by atoms with Crippen molar-refractivity contribution in [2.24, 2.45) is 7.05 Å². The van der Waals surface area contributed by atoms with Crippen LogP contribution < -0.4 is 4.57 Å². The van der Waals surface area contributed by atoms with Crippen molar-refractivity contribution < 1.29 is 13.0 Å². The molecule has 142 valence electrons. The lowest BCUT2D eigenvalue weighted by molar-refractivity contribution is -0.670. The summed E-state index contributed by atoms with van der Waals surface area (Å²) < 4.78 is 29.9. The minimum Gasteiger partial charge on any atom is -0.296 e. The lowest BCUT2D eigenvalue weighted by Gasteiger charge is -2.32. The smallest absolute Gasteiger partial charge is 0.296 e. The molecule has 0 amide bonds. The molecule has 2 heterocycles. The summed E-state index contributed by atoms with van der Waals surface area (Å²) in [4.78, 5) is 2.31. The molecule has 1 aliphatic rings. The van der Waals surface area contributed by atoms with Crippen LogP contribution in [0.4, 0.5) is 0 Å². The Morgan fingerprint density at radius 1 is 1.04 bits per heavy atom. The maximum atomic E-state index is 12.7. The van der Waals surface area contributed by atoms with Crippen molar-refractivity contribution in [3.63, 3.8) is 0 Å². The Balaban J connectivity index is 1.59. The van der Waals surface area contributed by atoms with Crippen LogP contribution in [0.15, 0.2) is 43.0 Å². The lowest BCUT2D eigenvalue weighted by Crippen LogP contribution is -2.49. The van der Waals surface area contributed by atoms with Gasteiger partial charge in [-0.2, -0.15) is 12.7 Å². The second-order valence-electron chi connectivity index (χ2n) is 8.04. The molecule has 6 nitrogen and oxygen atoms in total. The van der Waals surface area contributed by atoms with E-state index < -0.39 is 10.2 Å². The fourth-order valence-electron chi connectivity index (χ4n) is 3.18. The van der Waals surface area contributed by atoms with E-state index in [0.717, 1.165) is 19.6 Å². The molecule has 2 aromatic rings.